The van der Waals surface area contributed by atoms with E-state index in [1.165, 1.54) is 0 Å². The second kappa shape index (κ2) is 5.37. The fourth-order valence-corrected chi connectivity index (χ4v) is 2.37. The van der Waals surface area contributed by atoms with Gasteiger partial charge >= 0.3 is 5.97 Å². The van der Waals surface area contributed by atoms with Gasteiger partial charge in [0.1, 0.15) is 5.69 Å². The number of fused-ring (bicyclic) bond motifs is 1. The van der Waals surface area contributed by atoms with E-state index in [0.29, 0.717) is 22.2 Å². The first-order chi connectivity index (χ1) is 10.6. The number of nitrogens with one attached hydrogen (secondary N) is 2. The smallest absolute Gasteiger partial charge is 0.354 e. The maximum absolute atomic E-state index is 12.3. The molecular formula is C17H14N2O3. The van der Waals surface area contributed by atoms with E-state index in [-0.39, 0.29) is 11.6 Å². The number of hydrogen-bond donors (Lipinski definition) is 3. The molecule has 0 fully saturated rings. The van der Waals surface area contributed by atoms with E-state index < -0.39 is 5.97 Å². The number of hydrogen-bond acceptors (Lipinski definition) is 2. The molecule has 0 unspecified atom stereocenters. The number of rotatable bonds is 3. The first-order valence-electron chi connectivity index (χ1n) is 6.78. The highest BCUT2D eigenvalue weighted by molar-refractivity contribution is 6.14. The van der Waals surface area contributed by atoms with Gasteiger partial charge in [-0.3, -0.25) is 4.79 Å². The van der Waals surface area contributed by atoms with Crippen LogP contribution >= 0.6 is 0 Å². The van der Waals surface area contributed by atoms with Crippen molar-refractivity contribution >= 4 is 28.5 Å². The molecule has 0 bridgehead atoms. The van der Waals surface area contributed by atoms with Crippen LogP contribution < -0.4 is 5.32 Å². The number of carbonyl (C=O) groups excluding carboxylic acids is 1. The van der Waals surface area contributed by atoms with Gasteiger partial charge in [-0.25, -0.2) is 4.79 Å². The van der Waals surface area contributed by atoms with Gasteiger partial charge in [-0.05, 0) is 31.2 Å². The van der Waals surface area contributed by atoms with E-state index in [4.69, 9.17) is 0 Å². The minimum absolute atomic E-state index is 0.0233. The Morgan fingerprint density at radius 3 is 2.50 bits per heavy atom. The van der Waals surface area contributed by atoms with Crippen LogP contribution in [0.1, 0.15) is 26.4 Å². The van der Waals surface area contributed by atoms with Crippen LogP contribution in [-0.4, -0.2) is 22.0 Å². The van der Waals surface area contributed by atoms with E-state index in [0.717, 1.165) is 5.56 Å². The van der Waals surface area contributed by atoms with E-state index >= 15 is 0 Å². The normalized spacial score (nSPS) is 10.6. The van der Waals surface area contributed by atoms with Gasteiger partial charge in [-0.2, -0.15) is 0 Å². The van der Waals surface area contributed by atoms with Crippen molar-refractivity contribution in [1.82, 2.24) is 4.98 Å². The highest BCUT2D eigenvalue weighted by Crippen LogP contribution is 2.29. The molecule has 110 valence electrons. The van der Waals surface area contributed by atoms with Crippen molar-refractivity contribution in [3.63, 3.8) is 0 Å². The van der Waals surface area contributed by atoms with Gasteiger partial charge in [-0.15, -0.1) is 0 Å². The second-order valence-corrected chi connectivity index (χ2v) is 5.05. The van der Waals surface area contributed by atoms with Crippen LogP contribution in [0.2, 0.25) is 0 Å². The van der Waals surface area contributed by atoms with Gasteiger partial charge in [0.15, 0.2) is 0 Å². The highest BCUT2D eigenvalue weighted by Gasteiger charge is 2.19. The molecule has 3 N–H and O–H groups in total. The van der Waals surface area contributed by atoms with Crippen LogP contribution in [0.3, 0.4) is 0 Å². The molecule has 0 radical (unpaired) electrons. The summed E-state index contributed by atoms with van der Waals surface area (Å²) in [6.45, 7) is 1.91. The molecule has 2 aromatic carbocycles. The fraction of sp³-hybridized carbons (Fsp3) is 0.0588. The molecule has 5 heteroatoms. The largest absolute Gasteiger partial charge is 0.477 e. The number of benzene rings is 2. The summed E-state index contributed by atoms with van der Waals surface area (Å²) in [6, 6.07) is 14.2. The lowest BCUT2D eigenvalue weighted by Gasteiger charge is -2.06. The second-order valence-electron chi connectivity index (χ2n) is 5.05. The Morgan fingerprint density at radius 2 is 1.82 bits per heavy atom. The Labute approximate surface area is 126 Å². The number of anilines is 1. The summed E-state index contributed by atoms with van der Waals surface area (Å²) >= 11 is 0. The molecule has 0 spiro atoms. The Hall–Kier alpha value is -3.08. The number of amides is 1. The number of aryl methyl sites for hydroxylation is 1. The van der Waals surface area contributed by atoms with E-state index in [2.05, 4.69) is 10.3 Å². The van der Waals surface area contributed by atoms with Crippen LogP contribution in [0.5, 0.6) is 0 Å². The van der Waals surface area contributed by atoms with Crippen molar-refractivity contribution in [1.29, 1.82) is 0 Å². The van der Waals surface area contributed by atoms with Crippen LogP contribution in [-0.2, 0) is 0 Å². The van der Waals surface area contributed by atoms with Gasteiger partial charge in [0.05, 0.1) is 5.69 Å². The number of carbonyl (C=O) groups is 2. The Bertz CT molecular complexity index is 866. The number of carboxylic acid groups (broad SMARTS) is 1. The monoisotopic (exact) mass is 294 g/mol. The zero-order valence-electron chi connectivity index (χ0n) is 11.9. The summed E-state index contributed by atoms with van der Waals surface area (Å²) in [5.41, 5.74) is 2.40. The Morgan fingerprint density at radius 1 is 1.09 bits per heavy atom. The third-order valence-electron chi connectivity index (χ3n) is 3.44. The molecule has 0 atom stereocenters. The predicted molar refractivity (Wildman–Crippen MR) is 84.4 cm³/mol. The summed E-state index contributed by atoms with van der Waals surface area (Å²) in [7, 11) is 0. The van der Waals surface area contributed by atoms with Crippen molar-refractivity contribution in [3.05, 3.63) is 65.4 Å². The average Bonchev–Trinajstić information content (AvgIpc) is 2.86. The molecule has 0 saturated heterocycles. The highest BCUT2D eigenvalue weighted by atomic mass is 16.4. The molecule has 0 aliphatic rings. The first-order valence-corrected chi connectivity index (χ1v) is 6.78. The summed E-state index contributed by atoms with van der Waals surface area (Å²) in [4.78, 5) is 26.5. The van der Waals surface area contributed by atoms with Gasteiger partial charge in [-0.1, -0.05) is 29.8 Å². The quantitative estimate of drug-likeness (QED) is 0.692. The topological polar surface area (TPSA) is 82.2 Å². The van der Waals surface area contributed by atoms with Crippen LogP contribution in [0.4, 0.5) is 5.69 Å². The number of carboxylic acids is 1. The van der Waals surface area contributed by atoms with Crippen LogP contribution in [0.25, 0.3) is 10.9 Å². The molecule has 1 heterocycles. The minimum Gasteiger partial charge on any atom is -0.477 e. The Kier molecular flexibility index (Phi) is 3.39. The van der Waals surface area contributed by atoms with Crippen molar-refractivity contribution in [3.8, 4) is 0 Å². The zero-order chi connectivity index (χ0) is 15.7. The summed E-state index contributed by atoms with van der Waals surface area (Å²) < 4.78 is 0. The maximum Gasteiger partial charge on any atom is 0.354 e. The summed E-state index contributed by atoms with van der Waals surface area (Å²) in [5, 5.41) is 12.7. The van der Waals surface area contributed by atoms with Crippen molar-refractivity contribution in [2.75, 3.05) is 5.32 Å². The molecule has 1 amide bonds. The molecule has 3 aromatic rings. The molecule has 1 aromatic heterocycles. The third kappa shape index (κ3) is 2.44. The van der Waals surface area contributed by atoms with Gasteiger partial charge in [0.25, 0.3) is 5.91 Å². The van der Waals surface area contributed by atoms with E-state index in [9.17, 15) is 14.7 Å². The minimum atomic E-state index is -1.11. The van der Waals surface area contributed by atoms with Gasteiger partial charge < -0.3 is 15.4 Å². The molecule has 22 heavy (non-hydrogen) atoms. The molecule has 0 aliphatic heterocycles. The number of aromatic amines is 1. The summed E-state index contributed by atoms with van der Waals surface area (Å²) in [5.74, 6) is -1.46. The third-order valence-corrected chi connectivity index (χ3v) is 3.44. The number of aromatic carboxylic acids is 1. The maximum atomic E-state index is 12.3. The van der Waals surface area contributed by atoms with Crippen LogP contribution in [0, 0.1) is 6.92 Å². The van der Waals surface area contributed by atoms with E-state index in [1.54, 1.807) is 30.3 Å². The van der Waals surface area contributed by atoms with Crippen LogP contribution in [0.15, 0.2) is 48.5 Å². The number of H-pyrrole nitrogens is 1. The molecule has 5 nitrogen and oxygen atoms in total. The molecule has 3 rings (SSSR count). The van der Waals surface area contributed by atoms with Gasteiger partial charge in [0, 0.05) is 16.5 Å². The van der Waals surface area contributed by atoms with Crippen molar-refractivity contribution < 1.29 is 14.7 Å². The number of aromatic nitrogens is 1. The van der Waals surface area contributed by atoms with E-state index in [1.807, 2.05) is 25.1 Å². The Balaban J connectivity index is 2.09. The molecule has 0 aliphatic carbocycles. The fourth-order valence-electron chi connectivity index (χ4n) is 2.37. The predicted octanol–water partition coefficient (Wildman–Crippen LogP) is 3.43. The summed E-state index contributed by atoms with van der Waals surface area (Å²) in [6.07, 6.45) is 0. The SMILES string of the molecule is Cc1ccc2[nH]c(C(=O)O)c(NC(=O)c3ccccc3)c2c1. The van der Waals surface area contributed by atoms with Crippen molar-refractivity contribution in [2.24, 2.45) is 0 Å². The molecule has 0 saturated carbocycles. The zero-order valence-corrected chi connectivity index (χ0v) is 11.9. The lowest BCUT2D eigenvalue weighted by molar-refractivity contribution is 0.0692. The average molecular weight is 294 g/mol. The van der Waals surface area contributed by atoms with Crippen molar-refractivity contribution in [2.45, 2.75) is 6.92 Å². The lowest BCUT2D eigenvalue weighted by Crippen LogP contribution is -2.14. The standard InChI is InChI=1S/C17H14N2O3/c1-10-7-8-13-12(9-10)14(15(18-13)17(21)22)19-16(20)11-5-3-2-4-6-11/h2-9,18H,1H3,(H,19,20)(H,21,22). The first kappa shape index (κ1) is 13.9. The molecular weight excluding hydrogens is 280 g/mol. The lowest BCUT2D eigenvalue weighted by atomic mass is 10.1. The van der Waals surface area contributed by atoms with Gasteiger partial charge in [0.2, 0.25) is 0 Å².